The van der Waals surface area contributed by atoms with E-state index in [4.69, 9.17) is 0 Å². The van der Waals surface area contributed by atoms with Crippen LogP contribution in [-0.2, 0) is 9.59 Å². The number of hydrogen-bond acceptors (Lipinski definition) is 4. The minimum absolute atomic E-state index is 0.123. The Morgan fingerprint density at radius 3 is 2.32 bits per heavy atom. The summed E-state index contributed by atoms with van der Waals surface area (Å²) in [6.45, 7) is 3.22. The van der Waals surface area contributed by atoms with E-state index >= 15 is 0 Å². The smallest absolute Gasteiger partial charge is 0.295 e. The van der Waals surface area contributed by atoms with Crippen molar-refractivity contribution >= 4 is 17.4 Å². The summed E-state index contributed by atoms with van der Waals surface area (Å²) >= 11 is 0. The third-order valence-corrected chi connectivity index (χ3v) is 5.07. The average Bonchev–Trinajstić information content (AvgIpc) is 2.93. The van der Waals surface area contributed by atoms with Crippen LogP contribution < -0.4 is 0 Å². The van der Waals surface area contributed by atoms with Crippen molar-refractivity contribution in [2.24, 2.45) is 0 Å². The predicted octanol–water partition coefficient (Wildman–Crippen LogP) is 3.37. The molecule has 2 aromatic carbocycles. The SMILES string of the molecule is Cc1ccccc1C1/C(=C(/O)c2ccccc2)C(=O)C(=O)N1CCCN(C)C. The van der Waals surface area contributed by atoms with E-state index in [9.17, 15) is 14.7 Å². The van der Waals surface area contributed by atoms with Crippen LogP contribution in [0, 0.1) is 6.92 Å². The molecule has 1 unspecified atom stereocenters. The standard InChI is InChI=1S/C23H26N2O3/c1-16-10-7-8-13-18(16)20-19(21(26)17-11-5-4-6-12-17)22(27)23(28)25(20)15-9-14-24(2)3/h4-8,10-13,20,26H,9,14-15H2,1-3H3/b21-19-. The summed E-state index contributed by atoms with van der Waals surface area (Å²) in [7, 11) is 3.95. The summed E-state index contributed by atoms with van der Waals surface area (Å²) in [6, 6.07) is 16.0. The van der Waals surface area contributed by atoms with Gasteiger partial charge in [0, 0.05) is 12.1 Å². The number of carbonyl (C=O) groups excluding carboxylic acids is 2. The van der Waals surface area contributed by atoms with Crippen molar-refractivity contribution < 1.29 is 14.7 Å². The average molecular weight is 378 g/mol. The number of ketones is 1. The van der Waals surface area contributed by atoms with Gasteiger partial charge in [-0.1, -0.05) is 54.6 Å². The highest BCUT2D eigenvalue weighted by atomic mass is 16.3. The zero-order valence-corrected chi connectivity index (χ0v) is 16.6. The zero-order chi connectivity index (χ0) is 20.3. The second kappa shape index (κ2) is 8.40. The third kappa shape index (κ3) is 3.85. The Hall–Kier alpha value is -2.92. The van der Waals surface area contributed by atoms with E-state index in [0.29, 0.717) is 12.1 Å². The van der Waals surface area contributed by atoms with E-state index in [1.807, 2.05) is 56.3 Å². The van der Waals surface area contributed by atoms with E-state index in [1.165, 1.54) is 0 Å². The zero-order valence-electron chi connectivity index (χ0n) is 16.6. The monoisotopic (exact) mass is 378 g/mol. The van der Waals surface area contributed by atoms with E-state index in [2.05, 4.69) is 0 Å². The Labute approximate surface area is 165 Å². The van der Waals surface area contributed by atoms with Gasteiger partial charge < -0.3 is 14.9 Å². The van der Waals surface area contributed by atoms with E-state index in [0.717, 1.165) is 24.1 Å². The van der Waals surface area contributed by atoms with Gasteiger partial charge in [-0.05, 0) is 45.1 Å². The highest BCUT2D eigenvalue weighted by molar-refractivity contribution is 6.46. The van der Waals surface area contributed by atoms with Crippen LogP contribution in [-0.4, -0.2) is 53.8 Å². The van der Waals surface area contributed by atoms with Gasteiger partial charge in [0.25, 0.3) is 11.7 Å². The normalized spacial score (nSPS) is 18.9. The molecule has 0 spiro atoms. The maximum atomic E-state index is 12.9. The van der Waals surface area contributed by atoms with E-state index in [1.54, 1.807) is 29.2 Å². The van der Waals surface area contributed by atoms with Crippen molar-refractivity contribution in [2.45, 2.75) is 19.4 Å². The molecule has 28 heavy (non-hydrogen) atoms. The summed E-state index contributed by atoms with van der Waals surface area (Å²) < 4.78 is 0. The first-order chi connectivity index (χ1) is 13.4. The number of aliphatic hydroxyl groups is 1. The first-order valence-electron chi connectivity index (χ1n) is 9.46. The van der Waals surface area contributed by atoms with Gasteiger partial charge in [-0.15, -0.1) is 0 Å². The second-order valence-corrected chi connectivity index (χ2v) is 7.37. The number of aliphatic hydroxyl groups excluding tert-OH is 1. The highest BCUT2D eigenvalue weighted by Gasteiger charge is 2.46. The molecule has 1 aliphatic rings. The summed E-state index contributed by atoms with van der Waals surface area (Å²) in [5.74, 6) is -1.30. The van der Waals surface area contributed by atoms with Gasteiger partial charge in [-0.25, -0.2) is 0 Å². The highest BCUT2D eigenvalue weighted by Crippen LogP contribution is 2.40. The van der Waals surface area contributed by atoms with Gasteiger partial charge in [-0.3, -0.25) is 9.59 Å². The number of aryl methyl sites for hydroxylation is 1. The van der Waals surface area contributed by atoms with Crippen LogP contribution in [0.25, 0.3) is 5.76 Å². The number of nitrogens with zero attached hydrogens (tertiary/aromatic N) is 2. The fourth-order valence-corrected chi connectivity index (χ4v) is 3.64. The number of likely N-dealkylation sites (tertiary alicyclic amines) is 1. The van der Waals surface area contributed by atoms with Gasteiger partial charge in [0.05, 0.1) is 11.6 Å². The lowest BCUT2D eigenvalue weighted by molar-refractivity contribution is -0.139. The molecule has 1 aliphatic heterocycles. The molecule has 0 bridgehead atoms. The van der Waals surface area contributed by atoms with Crippen molar-refractivity contribution in [3.8, 4) is 0 Å². The van der Waals surface area contributed by atoms with Gasteiger partial charge in [0.15, 0.2) is 0 Å². The number of hydrogen-bond donors (Lipinski definition) is 1. The van der Waals surface area contributed by atoms with Gasteiger partial charge in [-0.2, -0.15) is 0 Å². The molecule has 5 heteroatoms. The molecule has 1 amide bonds. The van der Waals surface area contributed by atoms with Crippen molar-refractivity contribution in [3.63, 3.8) is 0 Å². The molecule has 3 rings (SSSR count). The third-order valence-electron chi connectivity index (χ3n) is 5.07. The van der Waals surface area contributed by atoms with Crippen LogP contribution in [0.5, 0.6) is 0 Å². The van der Waals surface area contributed by atoms with Crippen molar-refractivity contribution in [3.05, 3.63) is 76.9 Å². The molecule has 1 heterocycles. The van der Waals surface area contributed by atoms with Crippen LogP contribution in [0.15, 0.2) is 60.2 Å². The number of rotatable bonds is 6. The van der Waals surface area contributed by atoms with Crippen LogP contribution >= 0.6 is 0 Å². The van der Waals surface area contributed by atoms with Crippen molar-refractivity contribution in [1.82, 2.24) is 9.80 Å². The number of amides is 1. The first-order valence-corrected chi connectivity index (χ1v) is 9.46. The molecular formula is C23H26N2O3. The summed E-state index contributed by atoms with van der Waals surface area (Å²) in [5.41, 5.74) is 2.54. The van der Waals surface area contributed by atoms with E-state index in [-0.39, 0.29) is 11.3 Å². The molecule has 1 saturated heterocycles. The molecule has 1 atom stereocenters. The van der Waals surface area contributed by atoms with Gasteiger partial charge >= 0.3 is 0 Å². The molecule has 2 aromatic rings. The molecule has 5 nitrogen and oxygen atoms in total. The van der Waals surface area contributed by atoms with Crippen LogP contribution in [0.4, 0.5) is 0 Å². The Kier molecular flexibility index (Phi) is 5.95. The summed E-state index contributed by atoms with van der Waals surface area (Å²) in [6.07, 6.45) is 0.744. The Balaban J connectivity index is 2.10. The predicted molar refractivity (Wildman–Crippen MR) is 110 cm³/mol. The number of Topliss-reactive ketones (excluding diaryl/α,β-unsaturated/α-hetero) is 1. The lowest BCUT2D eigenvalue weighted by atomic mass is 9.92. The quantitative estimate of drug-likeness (QED) is 0.476. The molecular weight excluding hydrogens is 352 g/mol. The summed E-state index contributed by atoms with van der Waals surface area (Å²) in [5, 5.41) is 10.9. The van der Waals surface area contributed by atoms with Gasteiger partial charge in [0.1, 0.15) is 5.76 Å². The lowest BCUT2D eigenvalue weighted by Gasteiger charge is -2.27. The number of benzene rings is 2. The molecule has 1 N–H and O–H groups in total. The molecule has 0 radical (unpaired) electrons. The molecule has 0 aromatic heterocycles. The topological polar surface area (TPSA) is 60.9 Å². The minimum atomic E-state index is -0.626. The number of carbonyl (C=O) groups is 2. The van der Waals surface area contributed by atoms with Crippen molar-refractivity contribution in [1.29, 1.82) is 0 Å². The maximum absolute atomic E-state index is 12.9. The lowest BCUT2D eigenvalue weighted by Crippen LogP contribution is -2.32. The van der Waals surface area contributed by atoms with Crippen molar-refractivity contribution in [2.75, 3.05) is 27.2 Å². The van der Waals surface area contributed by atoms with Crippen LogP contribution in [0.3, 0.4) is 0 Å². The fourth-order valence-electron chi connectivity index (χ4n) is 3.64. The molecule has 0 aliphatic carbocycles. The maximum Gasteiger partial charge on any atom is 0.295 e. The van der Waals surface area contributed by atoms with Crippen LogP contribution in [0.2, 0.25) is 0 Å². The Morgan fingerprint density at radius 1 is 1.04 bits per heavy atom. The Bertz CT molecular complexity index is 903. The molecule has 1 fully saturated rings. The van der Waals surface area contributed by atoms with Crippen LogP contribution in [0.1, 0.15) is 29.2 Å². The Morgan fingerprint density at radius 2 is 1.68 bits per heavy atom. The molecule has 146 valence electrons. The second-order valence-electron chi connectivity index (χ2n) is 7.37. The molecule has 0 saturated carbocycles. The summed E-state index contributed by atoms with van der Waals surface area (Å²) in [4.78, 5) is 29.4. The first kappa shape index (κ1) is 19.8. The fraction of sp³-hybridized carbons (Fsp3) is 0.304. The van der Waals surface area contributed by atoms with E-state index < -0.39 is 17.7 Å². The minimum Gasteiger partial charge on any atom is -0.507 e. The van der Waals surface area contributed by atoms with Gasteiger partial charge in [0.2, 0.25) is 0 Å². The largest absolute Gasteiger partial charge is 0.507 e.